The van der Waals surface area contributed by atoms with E-state index in [0.29, 0.717) is 29.0 Å². The Labute approximate surface area is 144 Å². The summed E-state index contributed by atoms with van der Waals surface area (Å²) < 4.78 is 5.67. The van der Waals surface area contributed by atoms with Crippen molar-refractivity contribution < 1.29 is 9.53 Å². The van der Waals surface area contributed by atoms with E-state index in [0.717, 1.165) is 25.9 Å². The molecule has 0 aromatic heterocycles. The van der Waals surface area contributed by atoms with Crippen molar-refractivity contribution >= 4 is 23.2 Å². The van der Waals surface area contributed by atoms with Crippen molar-refractivity contribution in [2.75, 3.05) is 19.7 Å². The molecule has 1 saturated heterocycles. The predicted molar refractivity (Wildman–Crippen MR) is 96.9 cm³/mol. The summed E-state index contributed by atoms with van der Waals surface area (Å²) in [6.45, 7) is 6.68. The number of ether oxygens (including phenoxy) is 1. The van der Waals surface area contributed by atoms with Crippen LogP contribution >= 0.6 is 12.2 Å². The van der Waals surface area contributed by atoms with Crippen LogP contribution in [0.25, 0.3) is 0 Å². The molecule has 1 heterocycles. The van der Waals surface area contributed by atoms with Gasteiger partial charge in [0.15, 0.2) is 5.11 Å². The Kier molecular flexibility index (Phi) is 6.84. The van der Waals surface area contributed by atoms with Gasteiger partial charge in [-0.3, -0.25) is 10.1 Å². The van der Waals surface area contributed by atoms with E-state index in [4.69, 9.17) is 17.0 Å². The number of likely N-dealkylation sites (tertiary alicyclic amines) is 1. The van der Waals surface area contributed by atoms with Crippen LogP contribution < -0.4 is 10.1 Å². The molecule has 1 N–H and O–H groups in total. The lowest BCUT2D eigenvalue weighted by atomic mass is 10.2. The smallest absolute Gasteiger partial charge is 0.257 e. The Morgan fingerprint density at radius 1 is 1.26 bits per heavy atom. The third-order valence-corrected chi connectivity index (χ3v) is 4.15. The summed E-state index contributed by atoms with van der Waals surface area (Å²) in [6, 6.07) is 7.25. The van der Waals surface area contributed by atoms with Crippen LogP contribution in [0, 0.1) is 5.92 Å². The van der Waals surface area contributed by atoms with E-state index in [1.165, 1.54) is 12.8 Å². The van der Waals surface area contributed by atoms with Crippen molar-refractivity contribution in [3.63, 3.8) is 0 Å². The van der Waals surface area contributed by atoms with Crippen LogP contribution in [0.15, 0.2) is 24.3 Å². The highest BCUT2D eigenvalue weighted by Gasteiger charge is 2.15. The number of carbonyl (C=O) groups excluding carboxylic acids is 1. The molecule has 1 aromatic carbocycles. The number of hydrogen-bond donors (Lipinski definition) is 1. The van der Waals surface area contributed by atoms with E-state index < -0.39 is 0 Å². The van der Waals surface area contributed by atoms with E-state index in [1.807, 2.05) is 12.1 Å². The second kappa shape index (κ2) is 8.87. The largest absolute Gasteiger partial charge is 0.493 e. The number of carbonyl (C=O) groups is 1. The molecule has 1 fully saturated rings. The summed E-state index contributed by atoms with van der Waals surface area (Å²) in [4.78, 5) is 14.5. The molecule has 1 amide bonds. The summed E-state index contributed by atoms with van der Waals surface area (Å²) in [5.41, 5.74) is 0.573. The van der Waals surface area contributed by atoms with Gasteiger partial charge in [-0.05, 0) is 49.2 Å². The first kappa shape index (κ1) is 17.7. The Morgan fingerprint density at radius 3 is 2.61 bits per heavy atom. The average molecular weight is 334 g/mol. The number of rotatable bonds is 4. The number of amides is 1. The minimum atomic E-state index is -0.172. The van der Waals surface area contributed by atoms with Crippen molar-refractivity contribution in [1.82, 2.24) is 10.2 Å². The zero-order valence-electron chi connectivity index (χ0n) is 14.0. The highest BCUT2D eigenvalue weighted by Crippen LogP contribution is 2.15. The molecule has 1 aromatic rings. The lowest BCUT2D eigenvalue weighted by molar-refractivity contribution is 0.0973. The maximum Gasteiger partial charge on any atom is 0.257 e. The standard InChI is InChI=1S/C18H26N2O2S/c1-14(2)13-22-16-9-7-8-15(12-16)17(21)19-18(23)20-10-5-3-4-6-11-20/h7-9,12,14H,3-6,10-11,13H2,1-2H3,(H,19,21,23). The summed E-state index contributed by atoms with van der Waals surface area (Å²) in [5, 5.41) is 3.38. The zero-order chi connectivity index (χ0) is 16.7. The van der Waals surface area contributed by atoms with Gasteiger partial charge < -0.3 is 9.64 Å². The van der Waals surface area contributed by atoms with Crippen molar-refractivity contribution in [2.45, 2.75) is 39.5 Å². The summed E-state index contributed by atoms with van der Waals surface area (Å²) in [6.07, 6.45) is 4.74. The third-order valence-electron chi connectivity index (χ3n) is 3.79. The Bertz CT molecular complexity index is 538. The second-order valence-electron chi connectivity index (χ2n) is 6.39. The molecular weight excluding hydrogens is 308 g/mol. The topological polar surface area (TPSA) is 41.6 Å². The average Bonchev–Trinajstić information content (AvgIpc) is 2.82. The SMILES string of the molecule is CC(C)COc1cccc(C(=O)NC(=S)N2CCCCCC2)c1. The highest BCUT2D eigenvalue weighted by molar-refractivity contribution is 7.80. The van der Waals surface area contributed by atoms with Gasteiger partial charge in [-0.1, -0.05) is 32.8 Å². The molecule has 0 aliphatic carbocycles. The van der Waals surface area contributed by atoms with Crippen LogP contribution in [0.3, 0.4) is 0 Å². The monoisotopic (exact) mass is 334 g/mol. The molecule has 2 rings (SSSR count). The maximum atomic E-state index is 12.4. The van der Waals surface area contributed by atoms with E-state index in [1.54, 1.807) is 12.1 Å². The van der Waals surface area contributed by atoms with Crippen molar-refractivity contribution in [2.24, 2.45) is 5.92 Å². The van der Waals surface area contributed by atoms with Gasteiger partial charge in [0.1, 0.15) is 5.75 Å². The van der Waals surface area contributed by atoms with Gasteiger partial charge >= 0.3 is 0 Å². The second-order valence-corrected chi connectivity index (χ2v) is 6.78. The van der Waals surface area contributed by atoms with Crippen molar-refractivity contribution in [3.8, 4) is 5.75 Å². The molecule has 1 aliphatic rings. The number of benzene rings is 1. The van der Waals surface area contributed by atoms with Gasteiger partial charge in [0.25, 0.3) is 5.91 Å². The lowest BCUT2D eigenvalue weighted by Gasteiger charge is -2.23. The molecule has 1 aliphatic heterocycles. The van der Waals surface area contributed by atoms with Crippen LogP contribution in [0.4, 0.5) is 0 Å². The predicted octanol–water partition coefficient (Wildman–Crippen LogP) is 3.61. The molecule has 0 radical (unpaired) electrons. The number of hydrogen-bond acceptors (Lipinski definition) is 3. The van der Waals surface area contributed by atoms with Crippen LogP contribution in [0.5, 0.6) is 5.75 Å². The maximum absolute atomic E-state index is 12.4. The highest BCUT2D eigenvalue weighted by atomic mass is 32.1. The third kappa shape index (κ3) is 5.82. The number of nitrogens with one attached hydrogen (secondary N) is 1. The van der Waals surface area contributed by atoms with E-state index in [2.05, 4.69) is 24.1 Å². The molecule has 0 spiro atoms. The first-order chi connectivity index (χ1) is 11.1. The van der Waals surface area contributed by atoms with Gasteiger partial charge in [0, 0.05) is 18.7 Å². The zero-order valence-corrected chi connectivity index (χ0v) is 14.8. The molecule has 0 unspecified atom stereocenters. The quantitative estimate of drug-likeness (QED) is 0.854. The van der Waals surface area contributed by atoms with E-state index in [-0.39, 0.29) is 5.91 Å². The molecule has 0 saturated carbocycles. The molecule has 0 bridgehead atoms. The normalized spacial score (nSPS) is 15.2. The first-order valence-corrected chi connectivity index (χ1v) is 8.80. The van der Waals surface area contributed by atoms with Gasteiger partial charge in [0.05, 0.1) is 6.61 Å². The van der Waals surface area contributed by atoms with Crippen LogP contribution in [-0.2, 0) is 0 Å². The minimum Gasteiger partial charge on any atom is -0.493 e. The summed E-state index contributed by atoms with van der Waals surface area (Å²) in [5.74, 6) is 0.990. The lowest BCUT2D eigenvalue weighted by Crippen LogP contribution is -2.43. The van der Waals surface area contributed by atoms with Gasteiger partial charge in [-0.15, -0.1) is 0 Å². The van der Waals surface area contributed by atoms with Crippen LogP contribution in [0.2, 0.25) is 0 Å². The van der Waals surface area contributed by atoms with E-state index in [9.17, 15) is 4.79 Å². The fraction of sp³-hybridized carbons (Fsp3) is 0.556. The molecule has 0 atom stereocenters. The van der Waals surface area contributed by atoms with Gasteiger partial charge in [-0.25, -0.2) is 0 Å². The molecule has 23 heavy (non-hydrogen) atoms. The first-order valence-electron chi connectivity index (χ1n) is 8.39. The summed E-state index contributed by atoms with van der Waals surface area (Å²) in [7, 11) is 0. The van der Waals surface area contributed by atoms with Crippen LogP contribution in [-0.4, -0.2) is 35.6 Å². The fourth-order valence-corrected chi connectivity index (χ4v) is 2.79. The number of thiocarbonyl (C=S) groups is 1. The Balaban J connectivity index is 1.94. The van der Waals surface area contributed by atoms with E-state index >= 15 is 0 Å². The molecule has 5 heteroatoms. The Hall–Kier alpha value is -1.62. The molecular formula is C18H26N2O2S. The van der Waals surface area contributed by atoms with Crippen molar-refractivity contribution in [1.29, 1.82) is 0 Å². The number of nitrogens with zero attached hydrogens (tertiary/aromatic N) is 1. The Morgan fingerprint density at radius 2 is 1.96 bits per heavy atom. The molecule has 126 valence electrons. The minimum absolute atomic E-state index is 0.172. The van der Waals surface area contributed by atoms with Gasteiger partial charge in [0.2, 0.25) is 0 Å². The molecule has 4 nitrogen and oxygen atoms in total. The van der Waals surface area contributed by atoms with Crippen molar-refractivity contribution in [3.05, 3.63) is 29.8 Å². The summed E-state index contributed by atoms with van der Waals surface area (Å²) >= 11 is 5.39. The van der Waals surface area contributed by atoms with Crippen LogP contribution in [0.1, 0.15) is 49.9 Å². The van der Waals surface area contributed by atoms with Gasteiger partial charge in [-0.2, -0.15) is 0 Å². The fourth-order valence-electron chi connectivity index (χ4n) is 2.51.